The summed E-state index contributed by atoms with van der Waals surface area (Å²) in [6.45, 7) is 0.641. The van der Waals surface area contributed by atoms with Crippen LogP contribution in [0.15, 0.2) is 42.7 Å². The number of rotatable bonds is 6. The van der Waals surface area contributed by atoms with E-state index in [4.69, 9.17) is 15.9 Å². The van der Waals surface area contributed by atoms with Crippen molar-refractivity contribution in [2.24, 2.45) is 5.73 Å². The summed E-state index contributed by atoms with van der Waals surface area (Å²) in [7, 11) is 0. The highest BCUT2D eigenvalue weighted by Crippen LogP contribution is 2.26. The molecule has 0 aliphatic carbocycles. The Morgan fingerprint density at radius 3 is 2.68 bits per heavy atom. The number of pyridine rings is 1. The molecule has 28 heavy (non-hydrogen) atoms. The Morgan fingerprint density at radius 1 is 1.25 bits per heavy atom. The molecule has 1 aromatic carbocycles. The van der Waals surface area contributed by atoms with Crippen LogP contribution in [-0.2, 0) is 20.9 Å². The van der Waals surface area contributed by atoms with Gasteiger partial charge in [0.05, 0.1) is 12.2 Å². The van der Waals surface area contributed by atoms with Gasteiger partial charge in [-0.05, 0) is 18.2 Å². The lowest BCUT2D eigenvalue weighted by atomic mass is 10.1. The summed E-state index contributed by atoms with van der Waals surface area (Å²) in [5, 5.41) is 7.07. The molecule has 1 aliphatic rings. The Balaban J connectivity index is 1.68. The molecule has 3 N–H and O–H groups in total. The van der Waals surface area contributed by atoms with Gasteiger partial charge in [0.2, 0.25) is 5.91 Å². The number of ether oxygens (including phenoxy) is 1. The molecule has 3 rings (SSSR count). The number of carbonyl (C=O) groups excluding carboxylic acids is 2. The topological polar surface area (TPSA) is 113 Å². The zero-order valence-electron chi connectivity index (χ0n) is 15.1. The zero-order chi connectivity index (χ0) is 20.1. The van der Waals surface area contributed by atoms with Crippen LogP contribution in [0.25, 0.3) is 0 Å². The van der Waals surface area contributed by atoms with Crippen LogP contribution in [0.3, 0.4) is 0 Å². The lowest BCUT2D eigenvalue weighted by molar-refractivity contribution is -0.143. The van der Waals surface area contributed by atoms with Crippen molar-refractivity contribution in [3.05, 3.63) is 54.1 Å². The number of amides is 1. The first kappa shape index (κ1) is 19.3. The summed E-state index contributed by atoms with van der Waals surface area (Å²) in [5.41, 5.74) is 6.37. The highest BCUT2D eigenvalue weighted by atomic mass is 19.1. The third kappa shape index (κ3) is 4.43. The molecule has 0 atom stereocenters. The lowest BCUT2D eigenvalue weighted by Crippen LogP contribution is -2.51. The van der Waals surface area contributed by atoms with Gasteiger partial charge in [-0.25, -0.2) is 4.39 Å². The van der Waals surface area contributed by atoms with Crippen molar-refractivity contribution in [2.45, 2.75) is 13.0 Å². The van der Waals surface area contributed by atoms with Crippen molar-refractivity contribution in [1.82, 2.24) is 4.98 Å². The summed E-state index contributed by atoms with van der Waals surface area (Å²) in [6, 6.07) is 8.25. The smallest absolute Gasteiger partial charge is 0.313 e. The number of amidine groups is 1. The number of nitrogens with one attached hydrogen (secondary N) is 1. The number of halogens is 1. The van der Waals surface area contributed by atoms with Crippen molar-refractivity contribution >= 4 is 29.1 Å². The molecule has 9 heteroatoms. The minimum atomic E-state index is -0.696. The van der Waals surface area contributed by atoms with Crippen LogP contribution in [-0.4, -0.2) is 42.3 Å². The van der Waals surface area contributed by atoms with Crippen molar-refractivity contribution in [3.63, 3.8) is 0 Å². The predicted octanol–water partition coefficient (Wildman–Crippen LogP) is 1.44. The first-order valence-electron chi connectivity index (χ1n) is 8.67. The molecule has 146 valence electrons. The summed E-state index contributed by atoms with van der Waals surface area (Å²) in [4.78, 5) is 31.3. The molecule has 0 saturated carbocycles. The average molecular weight is 385 g/mol. The maximum absolute atomic E-state index is 14.9. The Kier molecular flexibility index (Phi) is 5.83. The molecule has 8 nitrogen and oxygen atoms in total. The predicted molar refractivity (Wildman–Crippen MR) is 102 cm³/mol. The van der Waals surface area contributed by atoms with Gasteiger partial charge in [0.25, 0.3) is 0 Å². The summed E-state index contributed by atoms with van der Waals surface area (Å²) in [5.74, 6) is -1.69. The van der Waals surface area contributed by atoms with Crippen LogP contribution in [0.4, 0.5) is 15.8 Å². The quantitative estimate of drug-likeness (QED) is 0.442. The van der Waals surface area contributed by atoms with Crippen LogP contribution in [0.5, 0.6) is 0 Å². The molecular weight excluding hydrogens is 365 g/mol. The molecule has 1 aliphatic heterocycles. The van der Waals surface area contributed by atoms with E-state index in [0.29, 0.717) is 13.1 Å². The molecule has 2 aromatic rings. The minimum Gasteiger partial charge on any atom is -0.460 e. The Bertz CT molecular complexity index is 890. The Labute approximate surface area is 161 Å². The highest BCUT2D eigenvalue weighted by Gasteiger charge is 2.27. The monoisotopic (exact) mass is 385 g/mol. The number of carbonyl (C=O) groups is 2. The lowest BCUT2D eigenvalue weighted by Gasteiger charge is -2.35. The largest absolute Gasteiger partial charge is 0.460 e. The highest BCUT2D eigenvalue weighted by molar-refractivity contribution is 5.97. The van der Waals surface area contributed by atoms with Gasteiger partial charge in [0, 0.05) is 36.7 Å². The fourth-order valence-electron chi connectivity index (χ4n) is 2.96. The molecule has 2 heterocycles. The van der Waals surface area contributed by atoms with E-state index >= 15 is 0 Å². The summed E-state index contributed by atoms with van der Waals surface area (Å²) < 4.78 is 19.8. The van der Waals surface area contributed by atoms with Crippen LogP contribution >= 0.6 is 0 Å². The van der Waals surface area contributed by atoms with E-state index in [1.165, 1.54) is 6.07 Å². The number of esters is 1. The van der Waals surface area contributed by atoms with Crippen molar-refractivity contribution < 1.29 is 18.7 Å². The molecule has 0 spiro atoms. The Morgan fingerprint density at radius 2 is 2.00 bits per heavy atom. The maximum atomic E-state index is 14.9. The first-order valence-corrected chi connectivity index (χ1v) is 8.67. The summed E-state index contributed by atoms with van der Waals surface area (Å²) in [6.07, 6.45) is 2.89. The second-order valence-corrected chi connectivity index (χ2v) is 6.29. The summed E-state index contributed by atoms with van der Waals surface area (Å²) >= 11 is 0. The number of nitrogens with zero attached hydrogens (tertiary/aromatic N) is 3. The van der Waals surface area contributed by atoms with Crippen molar-refractivity contribution in [2.75, 3.05) is 29.4 Å². The number of nitrogens with two attached hydrogens (primary N) is 1. The number of aromatic nitrogens is 1. The average Bonchev–Trinajstić information content (AvgIpc) is 2.67. The fraction of sp³-hybridized carbons (Fsp3) is 0.263. The van der Waals surface area contributed by atoms with Crippen LogP contribution < -0.4 is 15.5 Å². The van der Waals surface area contributed by atoms with Gasteiger partial charge in [-0.1, -0.05) is 12.1 Å². The van der Waals surface area contributed by atoms with Crippen LogP contribution in [0.1, 0.15) is 12.0 Å². The molecule has 0 unspecified atom stereocenters. The number of piperazine rings is 1. The second-order valence-electron chi connectivity index (χ2n) is 6.29. The van der Waals surface area contributed by atoms with Gasteiger partial charge < -0.3 is 20.3 Å². The van der Waals surface area contributed by atoms with E-state index < -0.39 is 11.8 Å². The Hall–Kier alpha value is -3.49. The molecule has 0 bridgehead atoms. The number of hydrogen-bond donors (Lipinski definition) is 2. The van der Waals surface area contributed by atoms with Crippen molar-refractivity contribution in [1.29, 1.82) is 5.41 Å². The molecular formula is C19H20FN5O3. The van der Waals surface area contributed by atoms with Gasteiger partial charge >= 0.3 is 5.97 Å². The zero-order valence-corrected chi connectivity index (χ0v) is 15.1. The van der Waals surface area contributed by atoms with Crippen molar-refractivity contribution in [3.8, 4) is 0 Å². The van der Waals surface area contributed by atoms with Crippen LogP contribution in [0.2, 0.25) is 0 Å². The second kappa shape index (κ2) is 8.47. The number of benzene rings is 1. The minimum absolute atomic E-state index is 0.0345. The third-order valence-electron chi connectivity index (χ3n) is 4.32. The SMILES string of the molecule is N=C(N)CC(=O)OCc1cccc(N2CCN(c3ccncc3)C(=O)C2)c1F. The first-order chi connectivity index (χ1) is 13.5. The molecule has 1 saturated heterocycles. The van der Waals surface area contributed by atoms with Crippen LogP contribution in [0, 0.1) is 11.2 Å². The maximum Gasteiger partial charge on any atom is 0.313 e. The van der Waals surface area contributed by atoms with Gasteiger partial charge in [0.15, 0.2) is 5.82 Å². The molecule has 1 amide bonds. The number of hydrogen-bond acceptors (Lipinski definition) is 6. The van der Waals surface area contributed by atoms with Gasteiger partial charge in [-0.2, -0.15) is 0 Å². The van der Waals surface area contributed by atoms with Gasteiger partial charge in [0.1, 0.15) is 18.9 Å². The molecule has 1 aromatic heterocycles. The normalized spacial score (nSPS) is 14.1. The van der Waals surface area contributed by atoms with Gasteiger partial charge in [-0.15, -0.1) is 0 Å². The fourth-order valence-corrected chi connectivity index (χ4v) is 2.96. The van der Waals surface area contributed by atoms with Gasteiger partial charge in [-0.3, -0.25) is 20.0 Å². The van der Waals surface area contributed by atoms with E-state index in [0.717, 1.165) is 5.69 Å². The standard InChI is InChI=1S/C19H20FN5O3/c20-19-13(12-28-18(27)10-16(21)22)2-1-3-15(19)24-8-9-25(17(26)11-24)14-4-6-23-7-5-14/h1-7H,8-12H2,(H3,21,22). The van der Waals surface area contributed by atoms with E-state index in [1.54, 1.807) is 46.5 Å². The van der Waals surface area contributed by atoms with E-state index in [-0.39, 0.29) is 42.6 Å². The van der Waals surface area contributed by atoms with E-state index in [1.807, 2.05) is 0 Å². The molecule has 1 fully saturated rings. The molecule has 0 radical (unpaired) electrons. The third-order valence-corrected chi connectivity index (χ3v) is 4.32. The van der Waals surface area contributed by atoms with E-state index in [2.05, 4.69) is 4.98 Å². The van der Waals surface area contributed by atoms with E-state index in [9.17, 15) is 14.0 Å². The number of anilines is 2.